The number of likely N-dealkylation sites (N-methyl/N-ethyl adjacent to an activating group) is 1. The highest BCUT2D eigenvalue weighted by atomic mass is 35.5. The Hall–Kier alpha value is -3.12. The van der Waals surface area contributed by atoms with E-state index in [-0.39, 0.29) is 18.5 Å². The van der Waals surface area contributed by atoms with Gasteiger partial charge in [0.25, 0.3) is 0 Å². The van der Waals surface area contributed by atoms with Crippen molar-refractivity contribution in [1.29, 1.82) is 0 Å². The lowest BCUT2D eigenvalue weighted by Crippen LogP contribution is -2.26. The molecule has 1 amide bonds. The number of nitrogens with one attached hydrogen (secondary N) is 3. The molecule has 3 N–H and O–H groups in total. The van der Waals surface area contributed by atoms with Crippen molar-refractivity contribution in [3.8, 4) is 11.3 Å². The number of carbonyl (C=O) groups is 1. The summed E-state index contributed by atoms with van der Waals surface area (Å²) in [7, 11) is 1.60. The van der Waals surface area contributed by atoms with Crippen LogP contribution < -0.4 is 16.0 Å². The number of benzene rings is 2. The Labute approximate surface area is 187 Å². The van der Waals surface area contributed by atoms with E-state index in [9.17, 15) is 4.79 Å². The van der Waals surface area contributed by atoms with Crippen LogP contribution in [-0.2, 0) is 11.2 Å². The lowest BCUT2D eigenvalue weighted by Gasteiger charge is -2.27. The van der Waals surface area contributed by atoms with Gasteiger partial charge in [-0.15, -0.1) is 0 Å². The molecule has 0 spiro atoms. The Balaban J connectivity index is 1.60. The molecule has 1 aliphatic rings. The minimum absolute atomic E-state index is 0.112. The predicted octanol–water partition coefficient (Wildman–Crippen LogP) is 4.75. The number of aromatic nitrogens is 2. The number of carbonyl (C=O) groups excluding carboxylic acids is 1. The summed E-state index contributed by atoms with van der Waals surface area (Å²) in [6, 6.07) is 16.5. The van der Waals surface area contributed by atoms with Crippen LogP contribution in [0, 0.1) is 6.92 Å². The van der Waals surface area contributed by atoms with E-state index in [2.05, 4.69) is 50.2 Å². The molecule has 7 heteroatoms. The van der Waals surface area contributed by atoms with Crippen LogP contribution in [0.4, 0.5) is 11.5 Å². The fraction of sp³-hybridized carbons (Fsp3) is 0.292. The molecule has 1 heterocycles. The second-order valence-corrected chi connectivity index (χ2v) is 8.10. The molecule has 4 rings (SSSR count). The number of halogens is 1. The van der Waals surface area contributed by atoms with Crippen LogP contribution >= 0.6 is 11.6 Å². The van der Waals surface area contributed by atoms with Gasteiger partial charge in [0.05, 0.1) is 29.0 Å². The van der Waals surface area contributed by atoms with E-state index in [0.717, 1.165) is 36.3 Å². The molecule has 1 aromatic heterocycles. The maximum atomic E-state index is 11.6. The first-order valence-corrected chi connectivity index (χ1v) is 10.9. The summed E-state index contributed by atoms with van der Waals surface area (Å²) in [5.74, 6) is 1.39. The summed E-state index contributed by atoms with van der Waals surface area (Å²) < 4.78 is 0. The highest BCUT2D eigenvalue weighted by Gasteiger charge is 2.20. The fourth-order valence-electron chi connectivity index (χ4n) is 3.96. The Kier molecular flexibility index (Phi) is 6.37. The molecular weight excluding hydrogens is 410 g/mol. The SMILES string of the molecule is CNC(=O)CNc1cc(-c2cc(N[C@@H]3CCCc4ccccc43)nc(C)n2)ccc1Cl. The number of rotatable bonds is 6. The molecule has 3 aromatic rings. The van der Waals surface area contributed by atoms with Gasteiger partial charge in [0.1, 0.15) is 11.6 Å². The molecule has 6 nitrogen and oxygen atoms in total. The normalized spacial score (nSPS) is 15.1. The van der Waals surface area contributed by atoms with E-state index < -0.39 is 0 Å². The van der Waals surface area contributed by atoms with E-state index >= 15 is 0 Å². The van der Waals surface area contributed by atoms with E-state index in [0.29, 0.717) is 16.5 Å². The second-order valence-electron chi connectivity index (χ2n) is 7.69. The minimum atomic E-state index is -0.112. The lowest BCUT2D eigenvalue weighted by atomic mass is 9.88. The van der Waals surface area contributed by atoms with Crippen LogP contribution in [0.1, 0.15) is 35.8 Å². The zero-order chi connectivity index (χ0) is 21.8. The van der Waals surface area contributed by atoms with Gasteiger partial charge in [0.15, 0.2) is 0 Å². The first-order valence-electron chi connectivity index (χ1n) is 10.5. The van der Waals surface area contributed by atoms with Crippen molar-refractivity contribution in [2.75, 3.05) is 24.2 Å². The molecule has 1 aliphatic carbocycles. The Morgan fingerprint density at radius 1 is 1.16 bits per heavy atom. The third kappa shape index (κ3) is 4.97. The molecule has 0 aliphatic heterocycles. The van der Waals surface area contributed by atoms with Gasteiger partial charge in [-0.3, -0.25) is 4.79 Å². The van der Waals surface area contributed by atoms with Crippen LogP contribution in [0.2, 0.25) is 5.02 Å². The summed E-state index contributed by atoms with van der Waals surface area (Å²) in [4.78, 5) is 20.8. The first-order chi connectivity index (χ1) is 15.0. The van der Waals surface area contributed by atoms with E-state index in [1.54, 1.807) is 7.05 Å². The summed E-state index contributed by atoms with van der Waals surface area (Å²) in [5.41, 5.74) is 5.15. The van der Waals surface area contributed by atoms with Gasteiger partial charge >= 0.3 is 0 Å². The van der Waals surface area contributed by atoms with Crippen LogP contribution in [0.15, 0.2) is 48.5 Å². The number of nitrogens with zero attached hydrogens (tertiary/aromatic N) is 2. The predicted molar refractivity (Wildman–Crippen MR) is 126 cm³/mol. The Morgan fingerprint density at radius 2 is 2.00 bits per heavy atom. The van der Waals surface area contributed by atoms with Gasteiger partial charge in [-0.2, -0.15) is 0 Å². The van der Waals surface area contributed by atoms with Crippen molar-refractivity contribution >= 4 is 29.0 Å². The van der Waals surface area contributed by atoms with Crippen molar-refractivity contribution in [3.05, 3.63) is 70.5 Å². The molecule has 0 radical (unpaired) electrons. The van der Waals surface area contributed by atoms with Gasteiger partial charge in [0.2, 0.25) is 5.91 Å². The number of aryl methyl sites for hydroxylation is 2. The van der Waals surface area contributed by atoms with E-state index in [4.69, 9.17) is 11.6 Å². The largest absolute Gasteiger partial charge is 0.375 e. The summed E-state index contributed by atoms with van der Waals surface area (Å²) in [6.07, 6.45) is 3.35. The third-order valence-corrected chi connectivity index (χ3v) is 5.84. The quantitative estimate of drug-likeness (QED) is 0.520. The molecule has 31 heavy (non-hydrogen) atoms. The monoisotopic (exact) mass is 435 g/mol. The minimum Gasteiger partial charge on any atom is -0.375 e. The second kappa shape index (κ2) is 9.35. The van der Waals surface area contributed by atoms with E-state index in [1.165, 1.54) is 11.1 Å². The molecule has 2 aromatic carbocycles. The zero-order valence-corrected chi connectivity index (χ0v) is 18.5. The number of hydrogen-bond donors (Lipinski definition) is 3. The van der Waals surface area contributed by atoms with Crippen molar-refractivity contribution in [1.82, 2.24) is 15.3 Å². The highest BCUT2D eigenvalue weighted by Crippen LogP contribution is 2.33. The number of hydrogen-bond acceptors (Lipinski definition) is 5. The Morgan fingerprint density at radius 3 is 2.84 bits per heavy atom. The standard InChI is InChI=1S/C24H26ClN5O/c1-15-28-21(17-10-11-19(25)22(12-17)27-14-24(31)26-2)13-23(29-15)30-20-9-5-7-16-6-3-4-8-18(16)20/h3-4,6,8,10-13,20,27H,5,7,9,14H2,1-2H3,(H,26,31)(H,28,29,30)/t20-/m1/s1. The average molecular weight is 436 g/mol. The first kappa shape index (κ1) is 21.1. The van der Waals surface area contributed by atoms with Crippen LogP contribution in [0.5, 0.6) is 0 Å². The maximum Gasteiger partial charge on any atom is 0.239 e. The average Bonchev–Trinajstić information content (AvgIpc) is 2.78. The van der Waals surface area contributed by atoms with Crippen LogP contribution in [-0.4, -0.2) is 29.5 Å². The molecule has 0 saturated carbocycles. The van der Waals surface area contributed by atoms with Crippen molar-refractivity contribution in [2.24, 2.45) is 0 Å². The number of amides is 1. The molecule has 0 fully saturated rings. The lowest BCUT2D eigenvalue weighted by molar-refractivity contribution is -0.118. The molecule has 1 atom stereocenters. The molecule has 0 saturated heterocycles. The summed E-state index contributed by atoms with van der Waals surface area (Å²) in [6.45, 7) is 2.04. The van der Waals surface area contributed by atoms with Gasteiger partial charge < -0.3 is 16.0 Å². The van der Waals surface area contributed by atoms with Gasteiger partial charge in [0, 0.05) is 18.7 Å². The van der Waals surface area contributed by atoms with E-state index in [1.807, 2.05) is 31.2 Å². The van der Waals surface area contributed by atoms with Crippen LogP contribution in [0.3, 0.4) is 0 Å². The number of fused-ring (bicyclic) bond motifs is 1. The summed E-state index contributed by atoms with van der Waals surface area (Å²) in [5, 5.41) is 9.83. The fourth-order valence-corrected chi connectivity index (χ4v) is 4.14. The molecule has 0 bridgehead atoms. The number of anilines is 2. The van der Waals surface area contributed by atoms with Crippen LogP contribution in [0.25, 0.3) is 11.3 Å². The third-order valence-electron chi connectivity index (χ3n) is 5.51. The van der Waals surface area contributed by atoms with Gasteiger partial charge in [-0.25, -0.2) is 9.97 Å². The van der Waals surface area contributed by atoms with Crippen molar-refractivity contribution in [3.63, 3.8) is 0 Å². The maximum absolute atomic E-state index is 11.6. The van der Waals surface area contributed by atoms with Gasteiger partial charge in [-0.05, 0) is 49.4 Å². The smallest absolute Gasteiger partial charge is 0.239 e. The van der Waals surface area contributed by atoms with Crippen molar-refractivity contribution in [2.45, 2.75) is 32.2 Å². The van der Waals surface area contributed by atoms with Crippen molar-refractivity contribution < 1.29 is 4.79 Å². The molecule has 160 valence electrons. The zero-order valence-electron chi connectivity index (χ0n) is 17.7. The topological polar surface area (TPSA) is 78.9 Å². The molecular formula is C24H26ClN5O. The summed E-state index contributed by atoms with van der Waals surface area (Å²) >= 11 is 6.31. The molecule has 0 unspecified atom stereocenters. The van der Waals surface area contributed by atoms with Gasteiger partial charge in [-0.1, -0.05) is 41.9 Å². The Bertz CT molecular complexity index is 1100. The highest BCUT2D eigenvalue weighted by molar-refractivity contribution is 6.33.